The maximum Gasteiger partial charge on any atom is 0.339 e. The van der Waals surface area contributed by atoms with Gasteiger partial charge in [0.1, 0.15) is 11.4 Å². The average molecular weight is 397 g/mol. The number of benzene rings is 2. The highest BCUT2D eigenvalue weighted by Gasteiger charge is 2.26. The van der Waals surface area contributed by atoms with Crippen LogP contribution in [0.4, 0.5) is 11.5 Å². The first-order valence-corrected chi connectivity index (χ1v) is 10.3. The lowest BCUT2D eigenvalue weighted by molar-refractivity contribution is 0.0697. The molecule has 2 aromatic carbocycles. The summed E-state index contributed by atoms with van der Waals surface area (Å²) in [6.45, 7) is 3.01. The first kappa shape index (κ1) is 18.4. The third-order valence-corrected chi connectivity index (χ3v) is 5.74. The van der Waals surface area contributed by atoms with Crippen LogP contribution in [0, 0.1) is 0 Å². The van der Waals surface area contributed by atoms with E-state index in [0.717, 1.165) is 47.2 Å². The molecule has 5 heteroatoms. The van der Waals surface area contributed by atoms with Crippen molar-refractivity contribution in [1.82, 2.24) is 9.55 Å². The molecule has 5 nitrogen and oxygen atoms in total. The summed E-state index contributed by atoms with van der Waals surface area (Å²) >= 11 is 0. The zero-order chi connectivity index (χ0) is 20.7. The van der Waals surface area contributed by atoms with Crippen LogP contribution >= 0.6 is 0 Å². The van der Waals surface area contributed by atoms with Gasteiger partial charge in [0.25, 0.3) is 0 Å². The molecule has 0 saturated heterocycles. The predicted octanol–water partition coefficient (Wildman–Crippen LogP) is 6.04. The van der Waals surface area contributed by atoms with Crippen molar-refractivity contribution in [3.63, 3.8) is 0 Å². The maximum absolute atomic E-state index is 11.9. The standard InChI is InChI=1S/C25H23N3O2/c1-2-28-11-10-18-12-20(14-21(23(18)28)17-6-4-3-5-7-17)27-24-22(25(29)30)13-19(15-26-24)16-8-9-16/h3-7,10-16H,2,8-9H2,1H3,(H,26,27)(H,29,30). The number of fused-ring (bicyclic) bond motifs is 1. The van der Waals surface area contributed by atoms with Crippen LogP contribution in [0.2, 0.25) is 0 Å². The Kier molecular flexibility index (Phi) is 4.51. The minimum absolute atomic E-state index is 0.215. The topological polar surface area (TPSA) is 67.2 Å². The van der Waals surface area contributed by atoms with Crippen molar-refractivity contribution in [2.75, 3.05) is 5.32 Å². The number of nitrogens with zero attached hydrogens (tertiary/aromatic N) is 2. The Morgan fingerprint density at radius 3 is 2.67 bits per heavy atom. The molecule has 4 aromatic rings. The predicted molar refractivity (Wildman–Crippen MR) is 120 cm³/mol. The van der Waals surface area contributed by atoms with E-state index in [-0.39, 0.29) is 5.56 Å². The van der Waals surface area contributed by atoms with Crippen LogP contribution in [0.3, 0.4) is 0 Å². The number of carbonyl (C=O) groups is 1. The van der Waals surface area contributed by atoms with Gasteiger partial charge in [0.05, 0.1) is 5.52 Å². The van der Waals surface area contributed by atoms with Gasteiger partial charge < -0.3 is 15.0 Å². The second-order valence-electron chi connectivity index (χ2n) is 7.80. The highest BCUT2D eigenvalue weighted by atomic mass is 16.4. The third kappa shape index (κ3) is 3.32. The normalized spacial score (nSPS) is 13.5. The first-order chi connectivity index (χ1) is 14.6. The molecule has 0 radical (unpaired) electrons. The van der Waals surface area contributed by atoms with E-state index in [0.29, 0.717) is 11.7 Å². The Morgan fingerprint density at radius 1 is 1.17 bits per heavy atom. The monoisotopic (exact) mass is 397 g/mol. The molecule has 0 amide bonds. The van der Waals surface area contributed by atoms with E-state index in [1.807, 2.05) is 18.2 Å². The van der Waals surface area contributed by atoms with Gasteiger partial charge in [-0.3, -0.25) is 0 Å². The molecule has 150 valence electrons. The Hall–Kier alpha value is -3.60. The maximum atomic E-state index is 11.9. The summed E-state index contributed by atoms with van der Waals surface area (Å²) in [5, 5.41) is 14.1. The van der Waals surface area contributed by atoms with Gasteiger partial charge in [0.15, 0.2) is 0 Å². The molecule has 5 rings (SSSR count). The van der Waals surface area contributed by atoms with Crippen LogP contribution in [0.1, 0.15) is 41.6 Å². The molecule has 0 spiro atoms. The number of nitrogens with one attached hydrogen (secondary N) is 1. The number of carboxylic acids is 1. The van der Waals surface area contributed by atoms with Crippen LogP contribution in [0.5, 0.6) is 0 Å². The number of hydrogen-bond donors (Lipinski definition) is 2. The van der Waals surface area contributed by atoms with Crippen molar-refractivity contribution in [3.05, 3.63) is 78.1 Å². The van der Waals surface area contributed by atoms with E-state index in [1.165, 1.54) is 5.52 Å². The number of aromatic nitrogens is 2. The first-order valence-electron chi connectivity index (χ1n) is 10.3. The highest BCUT2D eigenvalue weighted by molar-refractivity contribution is 5.99. The van der Waals surface area contributed by atoms with Crippen molar-refractivity contribution in [2.24, 2.45) is 0 Å². The van der Waals surface area contributed by atoms with E-state index in [9.17, 15) is 9.90 Å². The van der Waals surface area contributed by atoms with Crippen molar-refractivity contribution in [2.45, 2.75) is 32.2 Å². The molecular formula is C25H23N3O2. The van der Waals surface area contributed by atoms with Crippen molar-refractivity contribution < 1.29 is 9.90 Å². The molecule has 1 fully saturated rings. The number of pyridine rings is 1. The number of aryl methyl sites for hydroxylation is 1. The Morgan fingerprint density at radius 2 is 1.97 bits per heavy atom. The molecule has 1 saturated carbocycles. The number of hydrogen-bond acceptors (Lipinski definition) is 3. The molecular weight excluding hydrogens is 374 g/mol. The molecule has 0 aliphatic heterocycles. The van der Waals surface area contributed by atoms with Crippen molar-refractivity contribution in [3.8, 4) is 11.1 Å². The number of aromatic carboxylic acids is 1. The molecule has 2 aromatic heterocycles. The van der Waals surface area contributed by atoms with Gasteiger partial charge in [-0.1, -0.05) is 30.3 Å². The fourth-order valence-electron chi connectivity index (χ4n) is 4.04. The third-order valence-electron chi connectivity index (χ3n) is 5.74. The minimum atomic E-state index is -0.964. The van der Waals surface area contributed by atoms with Crippen molar-refractivity contribution >= 4 is 28.4 Å². The Balaban J connectivity index is 1.61. The van der Waals surface area contributed by atoms with Gasteiger partial charge >= 0.3 is 5.97 Å². The van der Waals surface area contributed by atoms with Gasteiger partial charge in [0.2, 0.25) is 0 Å². The molecule has 1 aliphatic rings. The summed E-state index contributed by atoms with van der Waals surface area (Å²) in [6.07, 6.45) is 6.11. The largest absolute Gasteiger partial charge is 0.478 e. The summed E-state index contributed by atoms with van der Waals surface area (Å²) in [6, 6.07) is 18.2. The second-order valence-corrected chi connectivity index (χ2v) is 7.80. The zero-order valence-electron chi connectivity index (χ0n) is 16.8. The lowest BCUT2D eigenvalue weighted by Crippen LogP contribution is -2.06. The molecule has 0 bridgehead atoms. The van der Waals surface area contributed by atoms with Gasteiger partial charge in [-0.15, -0.1) is 0 Å². The van der Waals surface area contributed by atoms with E-state index in [1.54, 1.807) is 12.3 Å². The van der Waals surface area contributed by atoms with Crippen LogP contribution in [-0.4, -0.2) is 20.6 Å². The van der Waals surface area contributed by atoms with Crippen LogP contribution in [0.15, 0.2) is 67.0 Å². The number of rotatable bonds is 6. The second kappa shape index (κ2) is 7.34. The molecule has 0 atom stereocenters. The smallest absolute Gasteiger partial charge is 0.339 e. The quantitative estimate of drug-likeness (QED) is 0.416. The van der Waals surface area contributed by atoms with Crippen LogP contribution in [-0.2, 0) is 6.54 Å². The molecule has 2 N–H and O–H groups in total. The lowest BCUT2D eigenvalue weighted by atomic mass is 10.0. The van der Waals surface area contributed by atoms with Gasteiger partial charge in [-0.25, -0.2) is 9.78 Å². The lowest BCUT2D eigenvalue weighted by Gasteiger charge is -2.14. The summed E-state index contributed by atoms with van der Waals surface area (Å²) in [4.78, 5) is 16.3. The fraction of sp³-hybridized carbons (Fsp3) is 0.200. The summed E-state index contributed by atoms with van der Waals surface area (Å²) in [5.41, 5.74) is 5.45. The number of anilines is 2. The van der Waals surface area contributed by atoms with Gasteiger partial charge in [0, 0.05) is 35.6 Å². The summed E-state index contributed by atoms with van der Waals surface area (Å²) in [7, 11) is 0. The van der Waals surface area contributed by atoms with Crippen LogP contribution in [0.25, 0.3) is 22.0 Å². The van der Waals surface area contributed by atoms with E-state index < -0.39 is 5.97 Å². The SMILES string of the molecule is CCn1ccc2cc(Nc3ncc(C4CC4)cc3C(=O)O)cc(-c3ccccc3)c21. The summed E-state index contributed by atoms with van der Waals surface area (Å²) < 4.78 is 2.23. The molecule has 30 heavy (non-hydrogen) atoms. The molecule has 0 unspecified atom stereocenters. The van der Waals surface area contributed by atoms with E-state index >= 15 is 0 Å². The van der Waals surface area contributed by atoms with Crippen molar-refractivity contribution in [1.29, 1.82) is 0 Å². The van der Waals surface area contributed by atoms with Gasteiger partial charge in [-0.05, 0) is 61.1 Å². The average Bonchev–Trinajstić information content (AvgIpc) is 3.53. The van der Waals surface area contributed by atoms with E-state index in [4.69, 9.17) is 0 Å². The molecule has 2 heterocycles. The van der Waals surface area contributed by atoms with Crippen LogP contribution < -0.4 is 5.32 Å². The number of carboxylic acid groups (broad SMARTS) is 1. The molecule has 1 aliphatic carbocycles. The van der Waals surface area contributed by atoms with E-state index in [2.05, 4.69) is 58.3 Å². The Labute approximate surface area is 175 Å². The Bertz CT molecular complexity index is 1240. The van der Waals surface area contributed by atoms with Gasteiger partial charge in [-0.2, -0.15) is 0 Å². The summed E-state index contributed by atoms with van der Waals surface area (Å²) in [5.74, 6) is -0.131. The zero-order valence-corrected chi connectivity index (χ0v) is 16.8. The highest BCUT2D eigenvalue weighted by Crippen LogP contribution is 2.41. The fourth-order valence-corrected chi connectivity index (χ4v) is 4.04. The minimum Gasteiger partial charge on any atom is -0.478 e.